The predicted octanol–water partition coefficient (Wildman–Crippen LogP) is 3.99. The first-order chi connectivity index (χ1) is 14.3. The molecular formula is C24H26O6S. The van der Waals surface area contributed by atoms with Crippen LogP contribution in [-0.4, -0.2) is 30.0 Å². The number of benzene rings is 3. The average molecular weight is 443 g/mol. The highest BCUT2D eigenvalue weighted by Crippen LogP contribution is 2.29. The van der Waals surface area contributed by atoms with Gasteiger partial charge in [-0.1, -0.05) is 66.7 Å². The summed E-state index contributed by atoms with van der Waals surface area (Å²) in [7, 11) is -4.18. The molecule has 0 unspecified atom stereocenters. The summed E-state index contributed by atoms with van der Waals surface area (Å²) >= 11 is 0. The molecule has 31 heavy (non-hydrogen) atoms. The highest BCUT2D eigenvalue weighted by Gasteiger charge is 2.25. The summed E-state index contributed by atoms with van der Waals surface area (Å²) in [6.07, 6.45) is -0.00236. The molecule has 0 aliphatic carbocycles. The lowest BCUT2D eigenvalue weighted by Gasteiger charge is -2.18. The summed E-state index contributed by atoms with van der Waals surface area (Å²) in [4.78, 5) is 13.3. The largest absolute Gasteiger partial charge is 0.489 e. The van der Waals surface area contributed by atoms with Gasteiger partial charge in [0.05, 0.1) is 5.75 Å². The van der Waals surface area contributed by atoms with Gasteiger partial charge in [-0.05, 0) is 42.2 Å². The van der Waals surface area contributed by atoms with Gasteiger partial charge in [0.15, 0.2) is 5.78 Å². The van der Waals surface area contributed by atoms with E-state index in [9.17, 15) is 17.8 Å². The minimum Gasteiger partial charge on any atom is -0.489 e. The Balaban J connectivity index is 0.00000341. The molecule has 3 aromatic rings. The standard InChI is InChI=1S/C24H24O5S.H2O/c1-18-8-5-6-13-22(18)23(14-15-30(26,27)28)24(25)20-11-7-12-21(16-20)29-17-19-9-3-2-4-10-19;/h2-13,16,23H,14-15,17H2,1H3,(H,26,27,28);1H2/t23-;/m0./s1. The SMILES string of the molecule is Cc1ccccc1[C@H](CCS(=O)(=O)O)C(=O)c1cccc(OCc2ccccc2)c1.O. The maximum Gasteiger partial charge on any atom is 0.264 e. The fourth-order valence-electron chi connectivity index (χ4n) is 3.35. The van der Waals surface area contributed by atoms with Crippen molar-refractivity contribution >= 4 is 15.9 Å². The second-order valence-electron chi connectivity index (χ2n) is 7.15. The molecule has 0 fully saturated rings. The van der Waals surface area contributed by atoms with Crippen molar-refractivity contribution in [1.29, 1.82) is 0 Å². The van der Waals surface area contributed by atoms with Gasteiger partial charge in [-0.2, -0.15) is 8.42 Å². The summed E-state index contributed by atoms with van der Waals surface area (Å²) < 4.78 is 37.6. The van der Waals surface area contributed by atoms with Gasteiger partial charge in [0.25, 0.3) is 10.1 Å². The highest BCUT2D eigenvalue weighted by atomic mass is 32.2. The van der Waals surface area contributed by atoms with E-state index in [0.29, 0.717) is 17.9 Å². The number of carbonyl (C=O) groups excluding carboxylic acids is 1. The van der Waals surface area contributed by atoms with Crippen molar-refractivity contribution in [1.82, 2.24) is 0 Å². The first kappa shape index (κ1) is 24.3. The third-order valence-electron chi connectivity index (χ3n) is 4.91. The first-order valence-electron chi connectivity index (χ1n) is 9.65. The maximum absolute atomic E-state index is 13.3. The molecule has 0 saturated carbocycles. The maximum atomic E-state index is 13.3. The second kappa shape index (κ2) is 10.9. The lowest BCUT2D eigenvalue weighted by atomic mass is 9.86. The van der Waals surface area contributed by atoms with Crippen LogP contribution in [0.2, 0.25) is 0 Å². The van der Waals surface area contributed by atoms with Crippen LogP contribution in [-0.2, 0) is 16.7 Å². The lowest BCUT2D eigenvalue weighted by Crippen LogP contribution is -2.18. The molecule has 0 amide bonds. The molecular weight excluding hydrogens is 416 g/mol. The van der Waals surface area contributed by atoms with Gasteiger partial charge in [0.1, 0.15) is 12.4 Å². The molecule has 6 nitrogen and oxygen atoms in total. The lowest BCUT2D eigenvalue weighted by molar-refractivity contribution is 0.0956. The van der Waals surface area contributed by atoms with E-state index in [1.165, 1.54) is 0 Å². The molecule has 0 bridgehead atoms. The zero-order valence-electron chi connectivity index (χ0n) is 17.2. The van der Waals surface area contributed by atoms with E-state index in [0.717, 1.165) is 16.7 Å². The summed E-state index contributed by atoms with van der Waals surface area (Å²) in [5.41, 5.74) is 3.09. The van der Waals surface area contributed by atoms with E-state index >= 15 is 0 Å². The normalized spacial score (nSPS) is 11.9. The predicted molar refractivity (Wildman–Crippen MR) is 120 cm³/mol. The van der Waals surface area contributed by atoms with Crippen LogP contribution in [0, 0.1) is 6.92 Å². The molecule has 0 saturated heterocycles. The average Bonchev–Trinajstić information content (AvgIpc) is 2.73. The summed E-state index contributed by atoms with van der Waals surface area (Å²) in [6.45, 7) is 2.25. The Morgan fingerprint density at radius 2 is 1.65 bits per heavy atom. The zero-order chi connectivity index (χ0) is 21.6. The number of carbonyl (C=O) groups is 1. The Kier molecular flexibility index (Phi) is 8.50. The molecule has 0 spiro atoms. The minimum absolute atomic E-state index is 0. The molecule has 0 radical (unpaired) electrons. The van der Waals surface area contributed by atoms with Gasteiger partial charge in [0, 0.05) is 11.5 Å². The Morgan fingerprint density at radius 1 is 0.968 bits per heavy atom. The molecule has 1 atom stereocenters. The molecule has 3 rings (SSSR count). The number of rotatable bonds is 9. The first-order valence-corrected chi connectivity index (χ1v) is 11.3. The van der Waals surface area contributed by atoms with E-state index < -0.39 is 21.8 Å². The smallest absolute Gasteiger partial charge is 0.264 e. The van der Waals surface area contributed by atoms with Gasteiger partial charge in [-0.15, -0.1) is 0 Å². The van der Waals surface area contributed by atoms with Crippen molar-refractivity contribution in [2.24, 2.45) is 0 Å². The summed E-state index contributed by atoms with van der Waals surface area (Å²) in [6, 6.07) is 24.0. The highest BCUT2D eigenvalue weighted by molar-refractivity contribution is 7.85. The number of Topliss-reactive ketones (excluding diaryl/α,β-unsaturated/α-hetero) is 1. The van der Waals surface area contributed by atoms with Crippen LogP contribution in [0.4, 0.5) is 0 Å². The third kappa shape index (κ3) is 7.03. The molecule has 3 N–H and O–H groups in total. The van der Waals surface area contributed by atoms with E-state index in [1.807, 2.05) is 61.5 Å². The third-order valence-corrected chi connectivity index (χ3v) is 5.66. The van der Waals surface area contributed by atoms with Crippen molar-refractivity contribution < 1.29 is 28.0 Å². The summed E-state index contributed by atoms with van der Waals surface area (Å²) in [5.74, 6) is -0.819. The van der Waals surface area contributed by atoms with Crippen molar-refractivity contribution in [3.8, 4) is 5.75 Å². The Bertz CT molecular complexity index is 1110. The number of ether oxygens (including phenoxy) is 1. The molecule has 0 aliphatic heterocycles. The van der Waals surface area contributed by atoms with Crippen molar-refractivity contribution in [2.45, 2.75) is 25.9 Å². The fourth-order valence-corrected chi connectivity index (χ4v) is 3.89. The van der Waals surface area contributed by atoms with Crippen molar-refractivity contribution in [2.75, 3.05) is 5.75 Å². The van der Waals surface area contributed by atoms with Crippen LogP contribution >= 0.6 is 0 Å². The second-order valence-corrected chi connectivity index (χ2v) is 8.72. The number of aryl methyl sites for hydroxylation is 1. The molecule has 3 aromatic carbocycles. The van der Waals surface area contributed by atoms with Crippen LogP contribution in [0.25, 0.3) is 0 Å². The molecule has 0 heterocycles. The van der Waals surface area contributed by atoms with Crippen molar-refractivity contribution in [3.05, 3.63) is 101 Å². The number of hydrogen-bond acceptors (Lipinski definition) is 4. The minimum atomic E-state index is -4.18. The van der Waals surface area contributed by atoms with Crippen LogP contribution in [0.5, 0.6) is 5.75 Å². The molecule has 0 aliphatic rings. The van der Waals surface area contributed by atoms with E-state index in [1.54, 1.807) is 24.3 Å². The van der Waals surface area contributed by atoms with Gasteiger partial charge in [-0.25, -0.2) is 0 Å². The van der Waals surface area contributed by atoms with Gasteiger partial charge in [0.2, 0.25) is 0 Å². The van der Waals surface area contributed by atoms with Crippen LogP contribution in [0.3, 0.4) is 0 Å². The molecule has 164 valence electrons. The van der Waals surface area contributed by atoms with Crippen LogP contribution in [0.1, 0.15) is 39.4 Å². The molecule has 0 aromatic heterocycles. The quantitative estimate of drug-likeness (QED) is 0.398. The zero-order valence-corrected chi connectivity index (χ0v) is 18.0. The van der Waals surface area contributed by atoms with Gasteiger partial charge in [-0.3, -0.25) is 9.35 Å². The Labute approximate surface area is 182 Å². The topological polar surface area (TPSA) is 112 Å². The van der Waals surface area contributed by atoms with Gasteiger partial charge >= 0.3 is 0 Å². The summed E-state index contributed by atoms with van der Waals surface area (Å²) in [5, 5.41) is 0. The van der Waals surface area contributed by atoms with E-state index in [2.05, 4.69) is 0 Å². The van der Waals surface area contributed by atoms with Crippen LogP contribution in [0.15, 0.2) is 78.9 Å². The number of hydrogen-bond donors (Lipinski definition) is 1. The van der Waals surface area contributed by atoms with Gasteiger partial charge < -0.3 is 10.2 Å². The Morgan fingerprint density at radius 3 is 2.32 bits per heavy atom. The number of ketones is 1. The van der Waals surface area contributed by atoms with Crippen LogP contribution < -0.4 is 4.74 Å². The fraction of sp³-hybridized carbons (Fsp3) is 0.208. The molecule has 7 heteroatoms. The van der Waals surface area contributed by atoms with E-state index in [4.69, 9.17) is 4.74 Å². The van der Waals surface area contributed by atoms with E-state index in [-0.39, 0.29) is 17.7 Å². The van der Waals surface area contributed by atoms with Crippen molar-refractivity contribution in [3.63, 3.8) is 0 Å². The Hall–Kier alpha value is -3.00. The monoisotopic (exact) mass is 442 g/mol.